The van der Waals surface area contributed by atoms with Gasteiger partial charge in [-0.3, -0.25) is 0 Å². The molecule has 1 aromatic rings. The first-order chi connectivity index (χ1) is 7.77. The Kier molecular flexibility index (Phi) is 4.07. The second kappa shape index (κ2) is 5.55. The molecule has 2 heterocycles. The molecule has 1 aliphatic heterocycles. The van der Waals surface area contributed by atoms with Crippen LogP contribution in [0.15, 0.2) is 18.3 Å². The number of anilines is 1. The lowest BCUT2D eigenvalue weighted by Crippen LogP contribution is -2.26. The van der Waals surface area contributed by atoms with E-state index in [9.17, 15) is 0 Å². The highest BCUT2D eigenvalue weighted by Gasteiger charge is 2.12. The minimum Gasteiger partial charge on any atom is -0.356 e. The highest BCUT2D eigenvalue weighted by Crippen LogP contribution is 2.19. The van der Waals surface area contributed by atoms with E-state index in [4.69, 9.17) is 5.73 Å². The SMILES string of the molecule is C[C@@H](N)c1ccnc(N2CCCSCC2)c1. The van der Waals surface area contributed by atoms with Crippen molar-refractivity contribution in [1.82, 2.24) is 4.98 Å². The lowest BCUT2D eigenvalue weighted by Gasteiger charge is -2.21. The molecule has 3 nitrogen and oxygen atoms in total. The molecule has 0 spiro atoms. The van der Waals surface area contributed by atoms with Crippen molar-refractivity contribution in [2.75, 3.05) is 29.5 Å². The van der Waals surface area contributed by atoms with Crippen LogP contribution in [0.1, 0.15) is 24.9 Å². The average Bonchev–Trinajstić information content (AvgIpc) is 2.57. The highest BCUT2D eigenvalue weighted by atomic mass is 32.2. The Bertz CT molecular complexity index is 333. The van der Waals surface area contributed by atoms with E-state index in [1.165, 1.54) is 23.5 Å². The first-order valence-electron chi connectivity index (χ1n) is 5.81. The zero-order chi connectivity index (χ0) is 11.4. The third kappa shape index (κ3) is 2.89. The molecule has 0 unspecified atom stereocenters. The van der Waals surface area contributed by atoms with Gasteiger partial charge >= 0.3 is 0 Å². The molecule has 1 fully saturated rings. The normalized spacial score (nSPS) is 19.2. The Hall–Kier alpha value is -0.740. The average molecular weight is 237 g/mol. The van der Waals surface area contributed by atoms with Crippen LogP contribution in [0.2, 0.25) is 0 Å². The van der Waals surface area contributed by atoms with Gasteiger partial charge in [-0.15, -0.1) is 0 Å². The maximum atomic E-state index is 5.89. The molecule has 1 atom stereocenters. The van der Waals surface area contributed by atoms with E-state index in [0.717, 1.165) is 18.9 Å². The Morgan fingerprint density at radius 2 is 2.31 bits per heavy atom. The number of aromatic nitrogens is 1. The van der Waals surface area contributed by atoms with Gasteiger partial charge in [-0.2, -0.15) is 11.8 Å². The molecule has 1 saturated heterocycles. The molecule has 0 aliphatic carbocycles. The predicted molar refractivity (Wildman–Crippen MR) is 71.0 cm³/mol. The summed E-state index contributed by atoms with van der Waals surface area (Å²) >= 11 is 2.03. The first kappa shape index (κ1) is 11.7. The van der Waals surface area contributed by atoms with Crippen molar-refractivity contribution >= 4 is 17.6 Å². The highest BCUT2D eigenvalue weighted by molar-refractivity contribution is 7.99. The molecule has 4 heteroatoms. The second-order valence-electron chi connectivity index (χ2n) is 4.19. The van der Waals surface area contributed by atoms with Crippen molar-refractivity contribution in [3.63, 3.8) is 0 Å². The molecule has 0 amide bonds. The fourth-order valence-corrected chi connectivity index (χ4v) is 2.75. The minimum absolute atomic E-state index is 0.0862. The van der Waals surface area contributed by atoms with Crippen molar-refractivity contribution in [3.05, 3.63) is 23.9 Å². The van der Waals surface area contributed by atoms with Gasteiger partial charge < -0.3 is 10.6 Å². The van der Waals surface area contributed by atoms with Crippen molar-refractivity contribution in [3.8, 4) is 0 Å². The lowest BCUT2D eigenvalue weighted by atomic mass is 10.1. The number of thioether (sulfide) groups is 1. The molecule has 88 valence electrons. The quantitative estimate of drug-likeness (QED) is 0.855. The summed E-state index contributed by atoms with van der Waals surface area (Å²) in [6.07, 6.45) is 3.11. The van der Waals surface area contributed by atoms with Gasteiger partial charge in [0, 0.05) is 31.1 Å². The topological polar surface area (TPSA) is 42.1 Å². The summed E-state index contributed by atoms with van der Waals surface area (Å²) in [5, 5.41) is 0. The van der Waals surface area contributed by atoms with Gasteiger partial charge in [-0.1, -0.05) is 0 Å². The molecule has 0 bridgehead atoms. The molecular formula is C12H19N3S. The second-order valence-corrected chi connectivity index (χ2v) is 5.41. The fraction of sp³-hybridized carbons (Fsp3) is 0.583. The molecular weight excluding hydrogens is 218 g/mol. The monoisotopic (exact) mass is 237 g/mol. The van der Waals surface area contributed by atoms with Crippen molar-refractivity contribution in [1.29, 1.82) is 0 Å². The molecule has 1 aliphatic rings. The van der Waals surface area contributed by atoms with Crippen LogP contribution in [-0.2, 0) is 0 Å². The van der Waals surface area contributed by atoms with E-state index in [-0.39, 0.29) is 6.04 Å². The molecule has 1 aromatic heterocycles. The zero-order valence-electron chi connectivity index (χ0n) is 9.72. The molecule has 2 rings (SSSR count). The van der Waals surface area contributed by atoms with Crippen molar-refractivity contribution in [2.24, 2.45) is 5.73 Å². The number of hydrogen-bond donors (Lipinski definition) is 1. The maximum Gasteiger partial charge on any atom is 0.128 e. The third-order valence-electron chi connectivity index (χ3n) is 2.84. The standard InChI is InChI=1S/C12H19N3S/c1-10(13)11-3-4-14-12(9-11)15-5-2-7-16-8-6-15/h3-4,9-10H,2,5-8,13H2,1H3/t10-/m1/s1. The first-order valence-corrected chi connectivity index (χ1v) is 6.97. The lowest BCUT2D eigenvalue weighted by molar-refractivity contribution is 0.785. The van der Waals surface area contributed by atoms with Crippen LogP contribution in [0.5, 0.6) is 0 Å². The third-order valence-corrected chi connectivity index (χ3v) is 3.89. The van der Waals surface area contributed by atoms with E-state index in [1.54, 1.807) is 0 Å². The summed E-state index contributed by atoms with van der Waals surface area (Å²) in [6.45, 7) is 4.22. The number of hydrogen-bond acceptors (Lipinski definition) is 4. The van der Waals surface area contributed by atoms with E-state index < -0.39 is 0 Å². The Morgan fingerprint density at radius 3 is 3.12 bits per heavy atom. The molecule has 0 aromatic carbocycles. The minimum atomic E-state index is 0.0862. The van der Waals surface area contributed by atoms with Gasteiger partial charge in [-0.05, 0) is 36.8 Å². The smallest absolute Gasteiger partial charge is 0.128 e. The summed E-state index contributed by atoms with van der Waals surface area (Å²) in [7, 11) is 0. The Labute approximate surface area is 101 Å². The van der Waals surface area contributed by atoms with Crippen LogP contribution in [0.3, 0.4) is 0 Å². The van der Waals surface area contributed by atoms with Crippen LogP contribution >= 0.6 is 11.8 Å². The van der Waals surface area contributed by atoms with Gasteiger partial charge in [-0.25, -0.2) is 4.98 Å². The Balaban J connectivity index is 2.15. The molecule has 2 N–H and O–H groups in total. The number of rotatable bonds is 2. The summed E-state index contributed by atoms with van der Waals surface area (Å²) in [6, 6.07) is 4.21. The summed E-state index contributed by atoms with van der Waals surface area (Å²) < 4.78 is 0. The van der Waals surface area contributed by atoms with Crippen molar-refractivity contribution in [2.45, 2.75) is 19.4 Å². The summed E-state index contributed by atoms with van der Waals surface area (Å²) in [5.74, 6) is 3.55. The fourth-order valence-electron chi connectivity index (χ4n) is 1.87. The summed E-state index contributed by atoms with van der Waals surface area (Å²) in [4.78, 5) is 6.82. The van der Waals surface area contributed by atoms with Crippen LogP contribution in [0, 0.1) is 0 Å². The van der Waals surface area contributed by atoms with Gasteiger partial charge in [0.25, 0.3) is 0 Å². The number of nitrogens with two attached hydrogens (primary N) is 1. The van der Waals surface area contributed by atoms with Gasteiger partial charge in [0.15, 0.2) is 0 Å². The van der Waals surface area contributed by atoms with Crippen LogP contribution in [0.25, 0.3) is 0 Å². The Morgan fingerprint density at radius 1 is 1.44 bits per heavy atom. The molecule has 0 saturated carbocycles. The van der Waals surface area contributed by atoms with Gasteiger partial charge in [0.2, 0.25) is 0 Å². The van der Waals surface area contributed by atoms with Gasteiger partial charge in [0.1, 0.15) is 5.82 Å². The number of nitrogens with zero attached hydrogens (tertiary/aromatic N) is 2. The van der Waals surface area contributed by atoms with E-state index in [2.05, 4.69) is 16.0 Å². The molecule has 16 heavy (non-hydrogen) atoms. The summed E-state index contributed by atoms with van der Waals surface area (Å²) in [5.41, 5.74) is 7.06. The van der Waals surface area contributed by atoms with E-state index >= 15 is 0 Å². The van der Waals surface area contributed by atoms with Crippen molar-refractivity contribution < 1.29 is 0 Å². The van der Waals surface area contributed by atoms with Crippen LogP contribution in [-0.4, -0.2) is 29.6 Å². The van der Waals surface area contributed by atoms with E-state index in [1.807, 2.05) is 30.9 Å². The van der Waals surface area contributed by atoms with Gasteiger partial charge in [0.05, 0.1) is 0 Å². The number of pyridine rings is 1. The van der Waals surface area contributed by atoms with E-state index in [0.29, 0.717) is 0 Å². The maximum absolute atomic E-state index is 5.89. The molecule has 0 radical (unpaired) electrons. The van der Waals surface area contributed by atoms with Crippen LogP contribution < -0.4 is 10.6 Å². The van der Waals surface area contributed by atoms with Crippen LogP contribution in [0.4, 0.5) is 5.82 Å². The largest absolute Gasteiger partial charge is 0.356 e. The zero-order valence-corrected chi connectivity index (χ0v) is 10.5. The predicted octanol–water partition coefficient (Wildman–Crippen LogP) is 2.04.